The van der Waals surface area contributed by atoms with E-state index in [1.165, 1.54) is 0 Å². The molecule has 102 valence electrons. The molecule has 0 aliphatic carbocycles. The molecule has 0 aliphatic heterocycles. The predicted octanol–water partition coefficient (Wildman–Crippen LogP) is 4.51. The van der Waals surface area contributed by atoms with E-state index < -0.39 is 0 Å². The van der Waals surface area contributed by atoms with Crippen molar-refractivity contribution >= 4 is 11.6 Å². The number of benzene rings is 2. The maximum absolute atomic E-state index is 9.47. The van der Waals surface area contributed by atoms with Crippen LogP contribution >= 0.6 is 11.6 Å². The fourth-order valence-electron chi connectivity index (χ4n) is 2.33. The number of nitriles is 1. The number of ether oxygens (including phenoxy) is 1. The molecule has 2 aromatic rings. The first-order chi connectivity index (χ1) is 9.65. The van der Waals surface area contributed by atoms with Crippen LogP contribution in [0.3, 0.4) is 0 Å². The second-order valence-corrected chi connectivity index (χ2v) is 5.14. The van der Waals surface area contributed by atoms with E-state index in [9.17, 15) is 5.26 Å². The molecule has 0 saturated heterocycles. The number of rotatable bonds is 4. The number of aryl methyl sites for hydroxylation is 1. The van der Waals surface area contributed by atoms with Crippen LogP contribution in [-0.2, 0) is 6.42 Å². The smallest absolute Gasteiger partial charge is 0.122 e. The Balaban J connectivity index is 2.35. The molecule has 1 unspecified atom stereocenters. The molecule has 0 saturated carbocycles. The summed E-state index contributed by atoms with van der Waals surface area (Å²) in [6.45, 7) is 2.02. The highest BCUT2D eigenvalue weighted by molar-refractivity contribution is 6.30. The van der Waals surface area contributed by atoms with Gasteiger partial charge in [-0.25, -0.2) is 0 Å². The van der Waals surface area contributed by atoms with E-state index in [4.69, 9.17) is 16.3 Å². The lowest BCUT2D eigenvalue weighted by Gasteiger charge is -2.15. The van der Waals surface area contributed by atoms with Crippen LogP contribution in [0.2, 0.25) is 5.02 Å². The molecule has 1 atom stereocenters. The summed E-state index contributed by atoms with van der Waals surface area (Å²) in [5, 5.41) is 10.1. The van der Waals surface area contributed by atoms with Crippen molar-refractivity contribution in [1.29, 1.82) is 5.26 Å². The van der Waals surface area contributed by atoms with Gasteiger partial charge >= 0.3 is 0 Å². The van der Waals surface area contributed by atoms with Gasteiger partial charge in [0.25, 0.3) is 0 Å². The van der Waals surface area contributed by atoms with Crippen molar-refractivity contribution in [2.75, 3.05) is 7.11 Å². The number of methoxy groups -OCH3 is 1. The van der Waals surface area contributed by atoms with Gasteiger partial charge in [0.1, 0.15) is 5.75 Å². The first-order valence-electron chi connectivity index (χ1n) is 6.43. The van der Waals surface area contributed by atoms with Crippen LogP contribution < -0.4 is 4.74 Å². The highest BCUT2D eigenvalue weighted by Crippen LogP contribution is 2.29. The quantitative estimate of drug-likeness (QED) is 0.828. The monoisotopic (exact) mass is 285 g/mol. The zero-order valence-corrected chi connectivity index (χ0v) is 12.3. The molecule has 3 heteroatoms. The van der Waals surface area contributed by atoms with Gasteiger partial charge in [0, 0.05) is 5.02 Å². The molecule has 2 aromatic carbocycles. The maximum atomic E-state index is 9.47. The van der Waals surface area contributed by atoms with Gasteiger partial charge in [-0.2, -0.15) is 5.26 Å². The zero-order chi connectivity index (χ0) is 14.5. The first kappa shape index (κ1) is 14.4. The molecule has 20 heavy (non-hydrogen) atoms. The molecule has 2 nitrogen and oxygen atoms in total. The normalized spacial score (nSPS) is 11.7. The van der Waals surface area contributed by atoms with E-state index in [-0.39, 0.29) is 5.92 Å². The summed E-state index contributed by atoms with van der Waals surface area (Å²) in [4.78, 5) is 0. The van der Waals surface area contributed by atoms with E-state index in [1.54, 1.807) is 13.2 Å². The molecule has 0 aliphatic rings. The number of hydrogen-bond acceptors (Lipinski definition) is 2. The summed E-state index contributed by atoms with van der Waals surface area (Å²) in [7, 11) is 1.63. The van der Waals surface area contributed by atoms with Gasteiger partial charge in [-0.15, -0.1) is 0 Å². The summed E-state index contributed by atoms with van der Waals surface area (Å²) in [6.07, 6.45) is 0.588. The SMILES string of the molecule is COc1ccc(Cl)cc1CC(C#N)c1ccccc1C. The van der Waals surface area contributed by atoms with Gasteiger partial charge in [0.05, 0.1) is 19.1 Å². The highest BCUT2D eigenvalue weighted by Gasteiger charge is 2.16. The first-order valence-corrected chi connectivity index (χ1v) is 6.81. The molecule has 2 rings (SSSR count). The van der Waals surface area contributed by atoms with Crippen LogP contribution in [0.15, 0.2) is 42.5 Å². The molecular weight excluding hydrogens is 270 g/mol. The third-order valence-corrected chi connectivity index (χ3v) is 3.62. The number of halogens is 1. The molecule has 0 aromatic heterocycles. The minimum Gasteiger partial charge on any atom is -0.496 e. The average Bonchev–Trinajstić information content (AvgIpc) is 2.46. The molecule has 0 fully saturated rings. The van der Waals surface area contributed by atoms with E-state index in [2.05, 4.69) is 6.07 Å². The second kappa shape index (κ2) is 6.45. The average molecular weight is 286 g/mol. The van der Waals surface area contributed by atoms with Crippen molar-refractivity contribution in [3.8, 4) is 11.8 Å². The summed E-state index contributed by atoms with van der Waals surface area (Å²) >= 11 is 6.04. The van der Waals surface area contributed by atoms with Crippen LogP contribution in [0.5, 0.6) is 5.75 Å². The van der Waals surface area contributed by atoms with Crippen molar-refractivity contribution in [1.82, 2.24) is 0 Å². The summed E-state index contributed by atoms with van der Waals surface area (Å²) in [5.41, 5.74) is 3.13. The second-order valence-electron chi connectivity index (χ2n) is 4.70. The van der Waals surface area contributed by atoms with Crippen molar-refractivity contribution in [3.63, 3.8) is 0 Å². The van der Waals surface area contributed by atoms with E-state index in [0.29, 0.717) is 11.4 Å². The summed E-state index contributed by atoms with van der Waals surface area (Å²) < 4.78 is 5.34. The predicted molar refractivity (Wildman–Crippen MR) is 81.2 cm³/mol. The van der Waals surface area contributed by atoms with Gasteiger partial charge in [0.2, 0.25) is 0 Å². The third-order valence-electron chi connectivity index (χ3n) is 3.39. The van der Waals surface area contributed by atoms with Gasteiger partial charge in [-0.1, -0.05) is 35.9 Å². The fraction of sp³-hybridized carbons (Fsp3) is 0.235. The maximum Gasteiger partial charge on any atom is 0.122 e. The van der Waals surface area contributed by atoms with Crippen LogP contribution in [0.25, 0.3) is 0 Å². The minimum atomic E-state index is -0.205. The van der Waals surface area contributed by atoms with Crippen LogP contribution in [0.1, 0.15) is 22.6 Å². The molecular formula is C17H16ClNO. The fourth-order valence-corrected chi connectivity index (χ4v) is 2.52. The van der Waals surface area contributed by atoms with E-state index in [1.807, 2.05) is 43.3 Å². The zero-order valence-electron chi connectivity index (χ0n) is 11.6. The molecule has 0 spiro atoms. The Bertz CT molecular complexity index is 646. The lowest BCUT2D eigenvalue weighted by molar-refractivity contribution is 0.409. The summed E-state index contributed by atoms with van der Waals surface area (Å²) in [5.74, 6) is 0.562. The van der Waals surface area contributed by atoms with Crippen molar-refractivity contribution in [2.24, 2.45) is 0 Å². The Morgan fingerprint density at radius 1 is 1.25 bits per heavy atom. The van der Waals surface area contributed by atoms with Crippen molar-refractivity contribution in [2.45, 2.75) is 19.3 Å². The van der Waals surface area contributed by atoms with Crippen LogP contribution in [0.4, 0.5) is 0 Å². The Morgan fingerprint density at radius 2 is 2.00 bits per heavy atom. The lowest BCUT2D eigenvalue weighted by Crippen LogP contribution is -2.04. The molecule has 0 amide bonds. The van der Waals surface area contributed by atoms with E-state index in [0.717, 1.165) is 22.4 Å². The standard InChI is InChI=1S/C17H16ClNO/c1-12-5-3-4-6-16(12)14(11-19)9-13-10-15(18)7-8-17(13)20-2/h3-8,10,14H,9H2,1-2H3. The Labute approximate surface area is 124 Å². The van der Waals surface area contributed by atoms with Gasteiger partial charge < -0.3 is 4.74 Å². The highest BCUT2D eigenvalue weighted by atomic mass is 35.5. The summed E-state index contributed by atoms with van der Waals surface area (Å²) in [6, 6.07) is 15.8. The molecule has 0 N–H and O–H groups in total. The van der Waals surface area contributed by atoms with Gasteiger partial charge in [0.15, 0.2) is 0 Å². The largest absolute Gasteiger partial charge is 0.496 e. The molecule has 0 bridgehead atoms. The number of nitrogens with zero attached hydrogens (tertiary/aromatic N) is 1. The molecule has 0 radical (unpaired) electrons. The van der Waals surface area contributed by atoms with Crippen molar-refractivity contribution in [3.05, 3.63) is 64.2 Å². The van der Waals surface area contributed by atoms with Crippen LogP contribution in [-0.4, -0.2) is 7.11 Å². The topological polar surface area (TPSA) is 33.0 Å². The Kier molecular flexibility index (Phi) is 4.65. The number of hydrogen-bond donors (Lipinski definition) is 0. The third kappa shape index (κ3) is 3.12. The van der Waals surface area contributed by atoms with Gasteiger partial charge in [-0.05, 0) is 48.2 Å². The molecule has 0 heterocycles. The Morgan fingerprint density at radius 3 is 2.65 bits per heavy atom. The van der Waals surface area contributed by atoms with Crippen LogP contribution in [0, 0.1) is 18.3 Å². The van der Waals surface area contributed by atoms with E-state index >= 15 is 0 Å². The minimum absolute atomic E-state index is 0.205. The van der Waals surface area contributed by atoms with Crippen molar-refractivity contribution < 1.29 is 4.74 Å². The lowest BCUT2D eigenvalue weighted by atomic mass is 9.90. The Hall–Kier alpha value is -1.98. The van der Waals surface area contributed by atoms with Gasteiger partial charge in [-0.3, -0.25) is 0 Å².